The lowest BCUT2D eigenvalue weighted by molar-refractivity contribution is 0.430. The van der Waals surface area contributed by atoms with Gasteiger partial charge in [-0.2, -0.15) is 0 Å². The van der Waals surface area contributed by atoms with Crippen molar-refractivity contribution in [3.8, 4) is 0 Å². The molecule has 1 rings (SSSR count). The minimum atomic E-state index is 0.378. The summed E-state index contributed by atoms with van der Waals surface area (Å²) in [7, 11) is 0. The monoisotopic (exact) mass is 199 g/mol. The molecule has 0 bridgehead atoms. The van der Waals surface area contributed by atoms with Crippen molar-refractivity contribution >= 4 is 11.5 Å². The number of nitrogens with zero attached hydrogens (tertiary/aromatic N) is 2. The Labute approximate surface area is 83.7 Å². The number of rotatable bonds is 5. The molecule has 1 atom stereocenters. The molecule has 0 saturated heterocycles. The average molecular weight is 199 g/mol. The predicted molar refractivity (Wildman–Crippen MR) is 55.8 cm³/mol. The van der Waals surface area contributed by atoms with Crippen molar-refractivity contribution in [2.24, 2.45) is 5.92 Å². The van der Waals surface area contributed by atoms with Gasteiger partial charge in [0.15, 0.2) is 0 Å². The van der Waals surface area contributed by atoms with E-state index in [9.17, 15) is 0 Å². The maximum Gasteiger partial charge on any atom is 0.0924 e. The summed E-state index contributed by atoms with van der Waals surface area (Å²) >= 11 is 1.42. The van der Waals surface area contributed by atoms with Gasteiger partial charge in [0.05, 0.1) is 11.7 Å². The normalized spacial score (nSPS) is 13.5. The molecule has 1 aromatic rings. The first kappa shape index (κ1) is 10.6. The van der Waals surface area contributed by atoms with E-state index in [-0.39, 0.29) is 0 Å². The minimum absolute atomic E-state index is 0.378. The average Bonchev–Trinajstić information content (AvgIpc) is 2.54. The number of nitrogens with one attached hydrogen (secondary N) is 1. The predicted octanol–water partition coefficient (Wildman–Crippen LogP) is 2.23. The highest BCUT2D eigenvalue weighted by molar-refractivity contribution is 7.03. The minimum Gasteiger partial charge on any atom is -0.309 e. The zero-order valence-corrected chi connectivity index (χ0v) is 9.27. The highest BCUT2D eigenvalue weighted by atomic mass is 32.1. The summed E-state index contributed by atoms with van der Waals surface area (Å²) in [4.78, 5) is 0. The standard InChI is InChI=1S/C9H17N3S/c1-4-10-8(5-7(2)3)9-6-13-12-11-9/h6-8,10H,4-5H2,1-3H3. The zero-order valence-electron chi connectivity index (χ0n) is 8.45. The van der Waals surface area contributed by atoms with Crippen LogP contribution in [0.25, 0.3) is 0 Å². The van der Waals surface area contributed by atoms with Crippen molar-refractivity contribution in [3.63, 3.8) is 0 Å². The second kappa shape index (κ2) is 5.29. The van der Waals surface area contributed by atoms with E-state index in [0.717, 1.165) is 18.7 Å². The molecule has 0 radical (unpaired) electrons. The Morgan fingerprint density at radius 3 is 2.77 bits per heavy atom. The molecule has 0 saturated carbocycles. The SMILES string of the molecule is CCNC(CC(C)C)c1csnn1. The van der Waals surface area contributed by atoms with Crippen LogP contribution >= 0.6 is 11.5 Å². The number of hydrogen-bond donors (Lipinski definition) is 1. The molecule has 0 fully saturated rings. The van der Waals surface area contributed by atoms with Gasteiger partial charge < -0.3 is 5.32 Å². The first-order valence-corrected chi connectivity index (χ1v) is 5.58. The second-order valence-corrected chi connectivity index (χ2v) is 4.18. The van der Waals surface area contributed by atoms with Crippen molar-refractivity contribution < 1.29 is 0 Å². The molecule has 4 heteroatoms. The number of hydrogen-bond acceptors (Lipinski definition) is 4. The Bertz CT molecular complexity index is 221. The van der Waals surface area contributed by atoms with Gasteiger partial charge in [-0.3, -0.25) is 0 Å². The Hall–Kier alpha value is -0.480. The van der Waals surface area contributed by atoms with E-state index in [1.54, 1.807) is 0 Å². The van der Waals surface area contributed by atoms with Crippen LogP contribution in [0.15, 0.2) is 5.38 Å². The van der Waals surface area contributed by atoms with Gasteiger partial charge in [-0.05, 0) is 30.4 Å². The van der Waals surface area contributed by atoms with Gasteiger partial charge in [-0.15, -0.1) is 5.10 Å². The molecule has 0 aromatic carbocycles. The summed E-state index contributed by atoms with van der Waals surface area (Å²) in [5.41, 5.74) is 1.08. The summed E-state index contributed by atoms with van der Waals surface area (Å²) in [5, 5.41) is 9.54. The molecule has 74 valence electrons. The van der Waals surface area contributed by atoms with Gasteiger partial charge in [0.1, 0.15) is 0 Å². The molecule has 3 nitrogen and oxygen atoms in total. The van der Waals surface area contributed by atoms with Crippen LogP contribution in [-0.4, -0.2) is 16.1 Å². The molecule has 1 unspecified atom stereocenters. The molecule has 0 amide bonds. The third-order valence-corrected chi connectivity index (χ3v) is 2.41. The third kappa shape index (κ3) is 3.40. The molecule has 0 aliphatic carbocycles. The molecular weight excluding hydrogens is 182 g/mol. The second-order valence-electron chi connectivity index (χ2n) is 3.57. The van der Waals surface area contributed by atoms with E-state index >= 15 is 0 Å². The maximum absolute atomic E-state index is 4.09. The van der Waals surface area contributed by atoms with E-state index in [1.807, 2.05) is 5.38 Å². The fourth-order valence-corrected chi connectivity index (χ4v) is 1.86. The lowest BCUT2D eigenvalue weighted by atomic mass is 10.0. The van der Waals surface area contributed by atoms with Gasteiger partial charge in [0.2, 0.25) is 0 Å². The highest BCUT2D eigenvalue weighted by Crippen LogP contribution is 2.19. The summed E-state index contributed by atoms with van der Waals surface area (Å²) in [5.74, 6) is 0.686. The fraction of sp³-hybridized carbons (Fsp3) is 0.778. The smallest absolute Gasteiger partial charge is 0.0924 e. The van der Waals surface area contributed by atoms with Crippen molar-refractivity contribution in [1.82, 2.24) is 14.9 Å². The van der Waals surface area contributed by atoms with Crippen LogP contribution in [0.1, 0.15) is 38.9 Å². The largest absolute Gasteiger partial charge is 0.309 e. The first-order chi connectivity index (χ1) is 6.24. The first-order valence-electron chi connectivity index (χ1n) is 4.74. The van der Waals surface area contributed by atoms with Crippen molar-refractivity contribution in [1.29, 1.82) is 0 Å². The molecule has 0 aliphatic rings. The summed E-state index contributed by atoms with van der Waals surface area (Å²) in [6.07, 6.45) is 1.12. The van der Waals surface area contributed by atoms with Crippen LogP contribution in [0.4, 0.5) is 0 Å². The van der Waals surface area contributed by atoms with E-state index < -0.39 is 0 Å². The van der Waals surface area contributed by atoms with Crippen molar-refractivity contribution in [2.75, 3.05) is 6.54 Å². The summed E-state index contributed by atoms with van der Waals surface area (Å²) in [6, 6.07) is 0.378. The third-order valence-electron chi connectivity index (χ3n) is 1.89. The molecule has 1 heterocycles. The molecule has 13 heavy (non-hydrogen) atoms. The Balaban J connectivity index is 2.57. The molecular formula is C9H17N3S. The van der Waals surface area contributed by atoms with Crippen LogP contribution in [0.5, 0.6) is 0 Å². The highest BCUT2D eigenvalue weighted by Gasteiger charge is 2.14. The van der Waals surface area contributed by atoms with E-state index in [1.165, 1.54) is 11.5 Å². The Morgan fingerprint density at radius 2 is 2.31 bits per heavy atom. The van der Waals surface area contributed by atoms with Gasteiger partial charge in [-0.25, -0.2) is 0 Å². The fourth-order valence-electron chi connectivity index (χ4n) is 1.35. The van der Waals surface area contributed by atoms with Crippen LogP contribution in [-0.2, 0) is 0 Å². The molecule has 1 aromatic heterocycles. The molecule has 0 aliphatic heterocycles. The topological polar surface area (TPSA) is 37.8 Å². The number of aromatic nitrogens is 2. The van der Waals surface area contributed by atoms with Gasteiger partial charge in [-0.1, -0.05) is 25.3 Å². The van der Waals surface area contributed by atoms with Crippen LogP contribution in [0, 0.1) is 5.92 Å². The molecule has 1 N–H and O–H groups in total. The Morgan fingerprint density at radius 1 is 1.54 bits per heavy atom. The lowest BCUT2D eigenvalue weighted by Gasteiger charge is -2.16. The lowest BCUT2D eigenvalue weighted by Crippen LogP contribution is -2.22. The van der Waals surface area contributed by atoms with E-state index in [2.05, 4.69) is 35.7 Å². The van der Waals surface area contributed by atoms with Crippen LogP contribution in [0.2, 0.25) is 0 Å². The van der Waals surface area contributed by atoms with Gasteiger partial charge >= 0.3 is 0 Å². The summed E-state index contributed by atoms with van der Waals surface area (Å²) < 4.78 is 3.88. The van der Waals surface area contributed by atoms with E-state index in [4.69, 9.17) is 0 Å². The zero-order chi connectivity index (χ0) is 9.68. The quantitative estimate of drug-likeness (QED) is 0.790. The Kier molecular flexibility index (Phi) is 4.32. The maximum atomic E-state index is 4.09. The van der Waals surface area contributed by atoms with Crippen LogP contribution in [0.3, 0.4) is 0 Å². The van der Waals surface area contributed by atoms with Crippen LogP contribution < -0.4 is 5.32 Å². The van der Waals surface area contributed by atoms with Gasteiger partial charge in [0, 0.05) is 5.38 Å². The molecule has 0 spiro atoms. The summed E-state index contributed by atoms with van der Waals surface area (Å²) in [6.45, 7) is 7.55. The van der Waals surface area contributed by atoms with Crippen molar-refractivity contribution in [3.05, 3.63) is 11.1 Å². The van der Waals surface area contributed by atoms with E-state index in [0.29, 0.717) is 12.0 Å². The van der Waals surface area contributed by atoms with Crippen molar-refractivity contribution in [2.45, 2.75) is 33.2 Å². The van der Waals surface area contributed by atoms with Gasteiger partial charge in [0.25, 0.3) is 0 Å².